The SMILES string of the molecule is Cc1cccc(NC(=O)Nc2cccc(Nc3ccnc(C)n3)c2)c1. The fourth-order valence-corrected chi connectivity index (χ4v) is 2.36. The van der Waals surface area contributed by atoms with E-state index < -0.39 is 0 Å². The molecule has 0 atom stereocenters. The van der Waals surface area contributed by atoms with Crippen LogP contribution in [0.25, 0.3) is 0 Å². The smallest absolute Gasteiger partial charge is 0.323 e. The van der Waals surface area contributed by atoms with E-state index in [2.05, 4.69) is 25.9 Å². The number of carbonyl (C=O) groups excluding carboxylic acids is 1. The molecule has 0 saturated heterocycles. The number of benzene rings is 2. The summed E-state index contributed by atoms with van der Waals surface area (Å²) in [5.41, 5.74) is 3.35. The molecule has 25 heavy (non-hydrogen) atoms. The molecular weight excluding hydrogens is 314 g/mol. The summed E-state index contributed by atoms with van der Waals surface area (Å²) in [6.07, 6.45) is 1.70. The first kappa shape index (κ1) is 16.4. The number of urea groups is 1. The number of carbonyl (C=O) groups is 1. The molecule has 3 N–H and O–H groups in total. The van der Waals surface area contributed by atoms with Gasteiger partial charge in [-0.25, -0.2) is 14.8 Å². The van der Waals surface area contributed by atoms with E-state index in [1.807, 2.05) is 62.4 Å². The number of aryl methyl sites for hydroxylation is 2. The third kappa shape index (κ3) is 4.78. The van der Waals surface area contributed by atoms with Crippen LogP contribution < -0.4 is 16.0 Å². The first-order valence-electron chi connectivity index (χ1n) is 7.90. The van der Waals surface area contributed by atoms with Crippen LogP contribution in [-0.4, -0.2) is 16.0 Å². The average Bonchev–Trinajstić information content (AvgIpc) is 2.55. The van der Waals surface area contributed by atoms with Gasteiger partial charge in [-0.2, -0.15) is 0 Å². The van der Waals surface area contributed by atoms with E-state index in [0.29, 0.717) is 17.3 Å². The number of amides is 2. The highest BCUT2D eigenvalue weighted by Gasteiger charge is 2.04. The van der Waals surface area contributed by atoms with Gasteiger partial charge in [-0.05, 0) is 55.8 Å². The van der Waals surface area contributed by atoms with Gasteiger partial charge >= 0.3 is 6.03 Å². The second kappa shape index (κ2) is 7.44. The van der Waals surface area contributed by atoms with Crippen molar-refractivity contribution in [2.24, 2.45) is 0 Å². The molecule has 3 aromatic rings. The second-order valence-corrected chi connectivity index (χ2v) is 5.64. The second-order valence-electron chi connectivity index (χ2n) is 5.64. The fourth-order valence-electron chi connectivity index (χ4n) is 2.36. The molecule has 0 aliphatic heterocycles. The van der Waals surface area contributed by atoms with Crippen LogP contribution in [0.3, 0.4) is 0 Å². The number of hydrogen-bond donors (Lipinski definition) is 3. The summed E-state index contributed by atoms with van der Waals surface area (Å²) in [5, 5.41) is 8.83. The van der Waals surface area contributed by atoms with Crippen molar-refractivity contribution in [2.45, 2.75) is 13.8 Å². The van der Waals surface area contributed by atoms with Crippen molar-refractivity contribution in [3.63, 3.8) is 0 Å². The van der Waals surface area contributed by atoms with Crippen LogP contribution in [0.5, 0.6) is 0 Å². The Morgan fingerprint density at radius 3 is 2.28 bits per heavy atom. The van der Waals surface area contributed by atoms with Crippen molar-refractivity contribution in [1.29, 1.82) is 0 Å². The summed E-state index contributed by atoms with van der Waals surface area (Å²) in [6.45, 7) is 3.81. The number of nitrogens with one attached hydrogen (secondary N) is 3. The van der Waals surface area contributed by atoms with Gasteiger partial charge in [-0.1, -0.05) is 18.2 Å². The van der Waals surface area contributed by atoms with Gasteiger partial charge in [0.05, 0.1) is 0 Å². The number of anilines is 4. The molecule has 1 heterocycles. The van der Waals surface area contributed by atoms with Gasteiger partial charge in [0, 0.05) is 23.3 Å². The number of hydrogen-bond acceptors (Lipinski definition) is 4. The van der Waals surface area contributed by atoms with E-state index in [4.69, 9.17) is 0 Å². The zero-order valence-corrected chi connectivity index (χ0v) is 14.1. The van der Waals surface area contributed by atoms with E-state index in [1.165, 1.54) is 0 Å². The monoisotopic (exact) mass is 333 g/mol. The van der Waals surface area contributed by atoms with E-state index in [-0.39, 0.29) is 6.03 Å². The minimum Gasteiger partial charge on any atom is -0.340 e. The Labute approximate surface area is 146 Å². The van der Waals surface area contributed by atoms with Crippen molar-refractivity contribution in [1.82, 2.24) is 9.97 Å². The predicted molar refractivity (Wildman–Crippen MR) is 100 cm³/mol. The zero-order valence-electron chi connectivity index (χ0n) is 14.1. The molecular formula is C19H19N5O. The Bertz CT molecular complexity index is 894. The molecule has 0 bridgehead atoms. The predicted octanol–water partition coefficient (Wildman–Crippen LogP) is 4.48. The summed E-state index contributed by atoms with van der Waals surface area (Å²) in [5.74, 6) is 1.39. The summed E-state index contributed by atoms with van der Waals surface area (Å²) in [4.78, 5) is 20.5. The molecule has 6 nitrogen and oxygen atoms in total. The highest BCUT2D eigenvalue weighted by molar-refractivity contribution is 6.00. The molecule has 6 heteroatoms. The number of nitrogens with zero attached hydrogens (tertiary/aromatic N) is 2. The van der Waals surface area contributed by atoms with E-state index in [1.54, 1.807) is 12.3 Å². The lowest BCUT2D eigenvalue weighted by atomic mass is 10.2. The summed E-state index contributed by atoms with van der Waals surface area (Å²) in [7, 11) is 0. The average molecular weight is 333 g/mol. The maximum Gasteiger partial charge on any atom is 0.323 e. The van der Waals surface area contributed by atoms with Gasteiger partial charge in [-0.3, -0.25) is 0 Å². The Balaban J connectivity index is 1.66. The van der Waals surface area contributed by atoms with Crippen molar-refractivity contribution in [3.05, 3.63) is 72.2 Å². The third-order valence-corrected chi connectivity index (χ3v) is 3.44. The van der Waals surface area contributed by atoms with Gasteiger partial charge < -0.3 is 16.0 Å². The first-order chi connectivity index (χ1) is 12.1. The van der Waals surface area contributed by atoms with Gasteiger partial charge in [0.25, 0.3) is 0 Å². The maximum absolute atomic E-state index is 12.1. The molecule has 0 unspecified atom stereocenters. The molecule has 2 amide bonds. The minimum atomic E-state index is -0.291. The van der Waals surface area contributed by atoms with Gasteiger partial charge in [0.2, 0.25) is 0 Å². The maximum atomic E-state index is 12.1. The molecule has 2 aromatic carbocycles. The fraction of sp³-hybridized carbons (Fsp3) is 0.105. The summed E-state index contributed by atoms with van der Waals surface area (Å²) >= 11 is 0. The highest BCUT2D eigenvalue weighted by Crippen LogP contribution is 2.19. The van der Waals surface area contributed by atoms with Crippen LogP contribution in [0.15, 0.2) is 60.8 Å². The Hall–Kier alpha value is -3.41. The molecule has 0 spiro atoms. The number of rotatable bonds is 4. The Morgan fingerprint density at radius 1 is 0.880 bits per heavy atom. The van der Waals surface area contributed by atoms with Crippen LogP contribution in [0.2, 0.25) is 0 Å². The van der Waals surface area contributed by atoms with Crippen molar-refractivity contribution in [3.8, 4) is 0 Å². The Morgan fingerprint density at radius 2 is 1.56 bits per heavy atom. The number of aromatic nitrogens is 2. The lowest BCUT2D eigenvalue weighted by molar-refractivity contribution is 0.262. The largest absolute Gasteiger partial charge is 0.340 e. The zero-order chi connectivity index (χ0) is 17.6. The van der Waals surface area contributed by atoms with Crippen molar-refractivity contribution >= 4 is 28.9 Å². The van der Waals surface area contributed by atoms with Crippen molar-refractivity contribution in [2.75, 3.05) is 16.0 Å². The Kier molecular flexibility index (Phi) is 4.89. The third-order valence-electron chi connectivity index (χ3n) is 3.44. The van der Waals surface area contributed by atoms with Crippen LogP contribution in [-0.2, 0) is 0 Å². The van der Waals surface area contributed by atoms with E-state index >= 15 is 0 Å². The molecule has 1 aromatic heterocycles. The topological polar surface area (TPSA) is 78.9 Å². The van der Waals surface area contributed by atoms with Gasteiger partial charge in [0.15, 0.2) is 0 Å². The molecule has 126 valence electrons. The van der Waals surface area contributed by atoms with Crippen LogP contribution in [0, 0.1) is 13.8 Å². The molecule has 0 fully saturated rings. The summed E-state index contributed by atoms with van der Waals surface area (Å²) < 4.78 is 0. The lowest BCUT2D eigenvalue weighted by Gasteiger charge is -2.10. The van der Waals surface area contributed by atoms with Gasteiger partial charge in [0.1, 0.15) is 11.6 Å². The summed E-state index contributed by atoms with van der Waals surface area (Å²) in [6, 6.07) is 16.6. The minimum absolute atomic E-state index is 0.291. The molecule has 0 aliphatic rings. The van der Waals surface area contributed by atoms with Crippen LogP contribution in [0.4, 0.5) is 27.7 Å². The highest BCUT2D eigenvalue weighted by atomic mass is 16.2. The molecule has 0 radical (unpaired) electrons. The first-order valence-corrected chi connectivity index (χ1v) is 7.90. The molecule has 0 saturated carbocycles. The van der Waals surface area contributed by atoms with Crippen molar-refractivity contribution < 1.29 is 4.79 Å². The van der Waals surface area contributed by atoms with Gasteiger partial charge in [-0.15, -0.1) is 0 Å². The van der Waals surface area contributed by atoms with E-state index in [0.717, 1.165) is 16.9 Å². The normalized spacial score (nSPS) is 10.2. The van der Waals surface area contributed by atoms with Crippen LogP contribution >= 0.6 is 0 Å². The molecule has 0 aliphatic carbocycles. The standard InChI is InChI=1S/C19H19N5O/c1-13-5-3-6-15(11-13)23-19(25)24-17-8-4-7-16(12-17)22-18-9-10-20-14(2)21-18/h3-12H,1-2H3,(H,20,21,22)(H2,23,24,25). The lowest BCUT2D eigenvalue weighted by Crippen LogP contribution is -2.19. The van der Waals surface area contributed by atoms with E-state index in [9.17, 15) is 4.79 Å². The quantitative estimate of drug-likeness (QED) is 0.657. The molecule has 3 rings (SSSR count). The van der Waals surface area contributed by atoms with Crippen LogP contribution in [0.1, 0.15) is 11.4 Å².